The van der Waals surface area contributed by atoms with E-state index in [9.17, 15) is 4.79 Å². The minimum atomic E-state index is -0.887. The van der Waals surface area contributed by atoms with Gasteiger partial charge in [0.2, 0.25) is 0 Å². The number of carboxylic acid groups (broad SMARTS) is 1. The lowest BCUT2D eigenvalue weighted by molar-refractivity contribution is -0.131. The number of carboxylic acids is 1. The van der Waals surface area contributed by atoms with Gasteiger partial charge in [-0.05, 0) is 67.3 Å². The van der Waals surface area contributed by atoms with Crippen LogP contribution >= 0.6 is 11.3 Å². The van der Waals surface area contributed by atoms with Crippen molar-refractivity contribution in [1.82, 2.24) is 4.90 Å². The lowest BCUT2D eigenvalue weighted by Gasteiger charge is -2.21. The fourth-order valence-corrected chi connectivity index (χ4v) is 3.91. The Bertz CT molecular complexity index is 493. The maximum Gasteiger partial charge on any atom is 0.328 e. The molecule has 1 fully saturated rings. The third-order valence-electron chi connectivity index (χ3n) is 4.36. The van der Waals surface area contributed by atoms with Gasteiger partial charge in [-0.3, -0.25) is 4.90 Å². The van der Waals surface area contributed by atoms with Crippen molar-refractivity contribution in [2.45, 2.75) is 39.7 Å². The summed E-state index contributed by atoms with van der Waals surface area (Å²) in [6.07, 6.45) is 6.83. The number of hydrogen-bond acceptors (Lipinski definition) is 3. The number of nitrogens with zero attached hydrogens (tertiary/aromatic N) is 1. The molecule has 1 aromatic rings. The summed E-state index contributed by atoms with van der Waals surface area (Å²) < 4.78 is 0. The molecule has 1 aliphatic rings. The third kappa shape index (κ3) is 4.97. The molecule has 0 aliphatic carbocycles. The predicted molar refractivity (Wildman–Crippen MR) is 88.4 cm³/mol. The third-order valence-corrected chi connectivity index (χ3v) is 5.28. The van der Waals surface area contributed by atoms with Crippen molar-refractivity contribution in [3.63, 3.8) is 0 Å². The summed E-state index contributed by atoms with van der Waals surface area (Å²) in [7, 11) is 0. The van der Waals surface area contributed by atoms with Gasteiger partial charge < -0.3 is 5.11 Å². The summed E-state index contributed by atoms with van der Waals surface area (Å²) >= 11 is 1.72. The van der Waals surface area contributed by atoms with E-state index in [0.29, 0.717) is 0 Å². The molecule has 0 bridgehead atoms. The Balaban J connectivity index is 1.96. The SMILES string of the molecule is CC(C)C1CCCN(Cc2sccc2C=CC(=O)O)CC1. The van der Waals surface area contributed by atoms with Crippen molar-refractivity contribution in [1.29, 1.82) is 0 Å². The highest BCUT2D eigenvalue weighted by Gasteiger charge is 2.20. The highest BCUT2D eigenvalue weighted by atomic mass is 32.1. The summed E-state index contributed by atoms with van der Waals surface area (Å²) in [5.74, 6) is 0.743. The van der Waals surface area contributed by atoms with Gasteiger partial charge in [0, 0.05) is 17.5 Å². The van der Waals surface area contributed by atoms with E-state index < -0.39 is 5.97 Å². The van der Waals surface area contributed by atoms with Crippen LogP contribution in [0.1, 0.15) is 43.6 Å². The first-order chi connectivity index (χ1) is 10.1. The molecule has 0 radical (unpaired) electrons. The maximum atomic E-state index is 10.6. The standard InChI is InChI=1S/C17H25NO2S/c1-13(2)14-4-3-9-18(10-7-14)12-16-15(8-11-21-16)5-6-17(19)20/h5-6,8,11,13-14H,3-4,7,9-10,12H2,1-2H3,(H,19,20). The molecule has 1 N–H and O–H groups in total. The summed E-state index contributed by atoms with van der Waals surface area (Å²) in [5, 5.41) is 10.8. The first kappa shape index (κ1) is 16.2. The molecule has 116 valence electrons. The van der Waals surface area contributed by atoms with Crippen molar-refractivity contribution in [2.75, 3.05) is 13.1 Å². The van der Waals surface area contributed by atoms with Gasteiger partial charge in [-0.15, -0.1) is 11.3 Å². The zero-order valence-electron chi connectivity index (χ0n) is 12.9. The molecule has 0 aromatic carbocycles. The number of rotatable bonds is 5. The molecule has 1 aliphatic heterocycles. The van der Waals surface area contributed by atoms with Crippen molar-refractivity contribution < 1.29 is 9.90 Å². The number of carbonyl (C=O) groups is 1. The van der Waals surface area contributed by atoms with Crippen LogP contribution < -0.4 is 0 Å². The van der Waals surface area contributed by atoms with E-state index >= 15 is 0 Å². The Labute approximate surface area is 131 Å². The van der Waals surface area contributed by atoms with E-state index in [0.717, 1.165) is 37.0 Å². The second-order valence-electron chi connectivity index (χ2n) is 6.18. The number of aliphatic carboxylic acids is 1. The van der Waals surface area contributed by atoms with Crippen LogP contribution in [0, 0.1) is 11.8 Å². The van der Waals surface area contributed by atoms with E-state index in [2.05, 4.69) is 18.7 Å². The zero-order chi connectivity index (χ0) is 15.2. The van der Waals surface area contributed by atoms with Crippen LogP contribution in [-0.4, -0.2) is 29.1 Å². The molecular weight excluding hydrogens is 282 g/mol. The Morgan fingerprint density at radius 2 is 2.29 bits per heavy atom. The number of thiophene rings is 1. The molecule has 2 rings (SSSR count). The normalized spacial score (nSPS) is 21.0. The van der Waals surface area contributed by atoms with Crippen molar-refractivity contribution in [2.24, 2.45) is 11.8 Å². The van der Waals surface area contributed by atoms with Gasteiger partial charge in [0.25, 0.3) is 0 Å². The smallest absolute Gasteiger partial charge is 0.328 e. The molecule has 0 spiro atoms. The van der Waals surface area contributed by atoms with Crippen molar-refractivity contribution >= 4 is 23.4 Å². The Hall–Kier alpha value is -1.13. The van der Waals surface area contributed by atoms with Crippen LogP contribution in [0.5, 0.6) is 0 Å². The van der Waals surface area contributed by atoms with Gasteiger partial charge >= 0.3 is 5.97 Å². The fourth-order valence-electron chi connectivity index (χ4n) is 3.00. The van der Waals surface area contributed by atoms with Crippen LogP contribution in [0.25, 0.3) is 6.08 Å². The molecule has 3 nitrogen and oxygen atoms in total. The monoisotopic (exact) mass is 307 g/mol. The average Bonchev–Trinajstić information content (AvgIpc) is 2.72. The molecule has 0 saturated carbocycles. The quantitative estimate of drug-likeness (QED) is 0.832. The lowest BCUT2D eigenvalue weighted by Crippen LogP contribution is -2.24. The lowest BCUT2D eigenvalue weighted by atomic mass is 9.89. The fraction of sp³-hybridized carbons (Fsp3) is 0.588. The maximum absolute atomic E-state index is 10.6. The predicted octanol–water partition coefficient (Wildman–Crippen LogP) is 4.10. The second-order valence-corrected chi connectivity index (χ2v) is 7.18. The van der Waals surface area contributed by atoms with Crippen LogP contribution in [0.4, 0.5) is 0 Å². The Morgan fingerprint density at radius 1 is 1.48 bits per heavy atom. The molecule has 2 heterocycles. The zero-order valence-corrected chi connectivity index (χ0v) is 13.7. The second kappa shape index (κ2) is 7.76. The van der Waals surface area contributed by atoms with Gasteiger partial charge in [-0.25, -0.2) is 4.79 Å². The highest BCUT2D eigenvalue weighted by Crippen LogP contribution is 2.27. The first-order valence-corrected chi connectivity index (χ1v) is 8.64. The van der Waals surface area contributed by atoms with Gasteiger partial charge in [-0.1, -0.05) is 13.8 Å². The molecule has 4 heteroatoms. The van der Waals surface area contributed by atoms with Crippen molar-refractivity contribution in [3.8, 4) is 0 Å². The number of hydrogen-bond donors (Lipinski definition) is 1. The van der Waals surface area contributed by atoms with Crippen LogP contribution in [0.2, 0.25) is 0 Å². The van der Waals surface area contributed by atoms with Crippen molar-refractivity contribution in [3.05, 3.63) is 28.0 Å². The molecular formula is C17H25NO2S. The highest BCUT2D eigenvalue weighted by molar-refractivity contribution is 7.10. The topological polar surface area (TPSA) is 40.5 Å². The van der Waals surface area contributed by atoms with Crippen LogP contribution in [-0.2, 0) is 11.3 Å². The van der Waals surface area contributed by atoms with Gasteiger partial charge in [0.05, 0.1) is 0 Å². The minimum absolute atomic E-state index is 0.778. The van der Waals surface area contributed by atoms with Gasteiger partial charge in [0.1, 0.15) is 0 Å². The molecule has 0 amide bonds. The molecule has 1 aromatic heterocycles. The largest absolute Gasteiger partial charge is 0.478 e. The number of likely N-dealkylation sites (tertiary alicyclic amines) is 1. The van der Waals surface area contributed by atoms with E-state index in [1.807, 2.05) is 11.4 Å². The Morgan fingerprint density at radius 3 is 3.00 bits per heavy atom. The Kier molecular flexibility index (Phi) is 6.00. The van der Waals surface area contributed by atoms with Gasteiger partial charge in [0.15, 0.2) is 0 Å². The van der Waals surface area contributed by atoms with Gasteiger partial charge in [-0.2, -0.15) is 0 Å². The summed E-state index contributed by atoms with van der Waals surface area (Å²) in [6, 6.07) is 2.01. The van der Waals surface area contributed by atoms with Crippen LogP contribution in [0.15, 0.2) is 17.5 Å². The minimum Gasteiger partial charge on any atom is -0.478 e. The molecule has 21 heavy (non-hydrogen) atoms. The van der Waals surface area contributed by atoms with E-state index in [4.69, 9.17) is 5.11 Å². The van der Waals surface area contributed by atoms with Crippen LogP contribution in [0.3, 0.4) is 0 Å². The van der Waals surface area contributed by atoms with E-state index in [1.165, 1.54) is 30.2 Å². The summed E-state index contributed by atoms with van der Waals surface area (Å²) in [4.78, 5) is 14.4. The summed E-state index contributed by atoms with van der Waals surface area (Å²) in [6.45, 7) is 7.91. The molecule has 1 unspecified atom stereocenters. The molecule has 1 atom stereocenters. The van der Waals surface area contributed by atoms with E-state index in [1.54, 1.807) is 17.4 Å². The first-order valence-electron chi connectivity index (χ1n) is 7.76. The summed E-state index contributed by atoms with van der Waals surface area (Å²) in [5.41, 5.74) is 1.05. The van der Waals surface area contributed by atoms with E-state index in [-0.39, 0.29) is 0 Å². The molecule has 1 saturated heterocycles. The average molecular weight is 307 g/mol.